The number of nitrogens with one attached hydrogen (secondary N) is 2. The first-order valence-electron chi connectivity index (χ1n) is 9.16. The molecular formula is C22H29N3O2. The average molecular weight is 367 g/mol. The van der Waals surface area contributed by atoms with Crippen LogP contribution >= 0.6 is 0 Å². The highest BCUT2D eigenvalue weighted by atomic mass is 16.2. The lowest BCUT2D eigenvalue weighted by atomic mass is 9.85. The van der Waals surface area contributed by atoms with E-state index in [-0.39, 0.29) is 23.3 Å². The van der Waals surface area contributed by atoms with E-state index < -0.39 is 6.03 Å². The molecule has 3 amide bonds. The Morgan fingerprint density at radius 1 is 0.926 bits per heavy atom. The van der Waals surface area contributed by atoms with Gasteiger partial charge in [0.15, 0.2) is 0 Å². The molecule has 0 aliphatic carbocycles. The van der Waals surface area contributed by atoms with E-state index in [1.165, 1.54) is 5.56 Å². The largest absolute Gasteiger partial charge is 0.351 e. The Kier molecular flexibility index (Phi) is 6.26. The summed E-state index contributed by atoms with van der Waals surface area (Å²) in [6, 6.07) is 14.4. The highest BCUT2D eigenvalue weighted by molar-refractivity contribution is 5.95. The molecule has 0 saturated heterocycles. The second kappa shape index (κ2) is 8.25. The summed E-state index contributed by atoms with van der Waals surface area (Å²) in [4.78, 5) is 23.6. The molecule has 0 saturated carbocycles. The van der Waals surface area contributed by atoms with Crippen LogP contribution in [0.3, 0.4) is 0 Å². The summed E-state index contributed by atoms with van der Waals surface area (Å²) in [6.45, 7) is 10.7. The number of amides is 3. The number of urea groups is 1. The normalized spacial score (nSPS) is 12.5. The maximum absolute atomic E-state index is 12.7. The van der Waals surface area contributed by atoms with Crippen molar-refractivity contribution in [2.75, 3.05) is 5.32 Å². The Morgan fingerprint density at radius 2 is 1.48 bits per heavy atom. The number of hydrogen-bond acceptors (Lipinski definition) is 2. The predicted molar refractivity (Wildman–Crippen MR) is 110 cm³/mol. The standard InChI is InChI=1S/C22H29N3O2/c1-14(2)19(15-6-10-17(11-7-15)22(3,4)5)25-20(26)16-8-12-18(13-9-16)24-21(23)27/h6-14,19H,1-5H3,(H,25,26)(H3,23,24,27)/t19-/m0/s1. The van der Waals surface area contributed by atoms with Crippen LogP contribution in [0, 0.1) is 5.92 Å². The maximum atomic E-state index is 12.7. The van der Waals surface area contributed by atoms with Crippen LogP contribution in [0.2, 0.25) is 0 Å². The van der Waals surface area contributed by atoms with Gasteiger partial charge in [0.05, 0.1) is 6.04 Å². The van der Waals surface area contributed by atoms with Crippen molar-refractivity contribution < 1.29 is 9.59 Å². The van der Waals surface area contributed by atoms with Gasteiger partial charge in [0.25, 0.3) is 5.91 Å². The molecule has 0 bridgehead atoms. The topological polar surface area (TPSA) is 84.2 Å². The third-order valence-corrected chi connectivity index (χ3v) is 4.50. The average Bonchev–Trinajstić information content (AvgIpc) is 2.58. The molecule has 0 aliphatic rings. The molecule has 0 unspecified atom stereocenters. The zero-order valence-electron chi connectivity index (χ0n) is 16.7. The van der Waals surface area contributed by atoms with E-state index in [0.717, 1.165) is 5.56 Å². The van der Waals surface area contributed by atoms with E-state index in [2.05, 4.69) is 69.5 Å². The SMILES string of the molecule is CC(C)[C@H](NC(=O)c1ccc(NC(N)=O)cc1)c1ccc(C(C)(C)C)cc1. The number of hydrogen-bond donors (Lipinski definition) is 3. The lowest BCUT2D eigenvalue weighted by Gasteiger charge is -2.25. The predicted octanol–water partition coefficient (Wildman–Crippen LogP) is 4.60. The first kappa shape index (κ1) is 20.5. The molecule has 144 valence electrons. The van der Waals surface area contributed by atoms with E-state index in [9.17, 15) is 9.59 Å². The Hall–Kier alpha value is -2.82. The van der Waals surface area contributed by atoms with Crippen molar-refractivity contribution >= 4 is 17.6 Å². The molecule has 0 aliphatic heterocycles. The molecule has 4 N–H and O–H groups in total. The van der Waals surface area contributed by atoms with Crippen molar-refractivity contribution in [3.63, 3.8) is 0 Å². The van der Waals surface area contributed by atoms with Gasteiger partial charge in [-0.25, -0.2) is 4.79 Å². The molecule has 27 heavy (non-hydrogen) atoms. The van der Waals surface area contributed by atoms with Crippen LogP contribution in [0.15, 0.2) is 48.5 Å². The lowest BCUT2D eigenvalue weighted by Crippen LogP contribution is -2.31. The van der Waals surface area contributed by atoms with Crippen LogP contribution in [0.5, 0.6) is 0 Å². The van der Waals surface area contributed by atoms with Crippen molar-refractivity contribution in [2.45, 2.75) is 46.1 Å². The van der Waals surface area contributed by atoms with E-state index in [4.69, 9.17) is 5.73 Å². The van der Waals surface area contributed by atoms with Gasteiger partial charge in [0.1, 0.15) is 0 Å². The summed E-state index contributed by atoms with van der Waals surface area (Å²) in [5.74, 6) is 0.0875. The monoisotopic (exact) mass is 367 g/mol. The number of carbonyl (C=O) groups excluding carboxylic acids is 2. The van der Waals surface area contributed by atoms with E-state index in [1.807, 2.05) is 0 Å². The Bertz CT molecular complexity index is 788. The fourth-order valence-corrected chi connectivity index (χ4v) is 2.90. The quantitative estimate of drug-likeness (QED) is 0.721. The van der Waals surface area contributed by atoms with Crippen molar-refractivity contribution in [3.8, 4) is 0 Å². The van der Waals surface area contributed by atoms with Gasteiger partial charge in [-0.1, -0.05) is 58.9 Å². The minimum atomic E-state index is -0.634. The van der Waals surface area contributed by atoms with Gasteiger partial charge in [-0.15, -0.1) is 0 Å². The van der Waals surface area contributed by atoms with Gasteiger partial charge >= 0.3 is 6.03 Å². The van der Waals surface area contributed by atoms with Gasteiger partial charge in [-0.05, 0) is 46.7 Å². The Labute approximate surface area is 161 Å². The summed E-state index contributed by atoms with van der Waals surface area (Å²) >= 11 is 0. The van der Waals surface area contributed by atoms with Gasteiger partial charge < -0.3 is 16.4 Å². The van der Waals surface area contributed by atoms with Gasteiger partial charge in [0.2, 0.25) is 0 Å². The van der Waals surface area contributed by atoms with Crippen LogP contribution in [-0.2, 0) is 5.41 Å². The molecule has 0 aromatic heterocycles. The highest BCUT2D eigenvalue weighted by Crippen LogP contribution is 2.27. The summed E-state index contributed by atoms with van der Waals surface area (Å²) in [5.41, 5.74) is 8.61. The van der Waals surface area contributed by atoms with Crippen molar-refractivity contribution in [1.29, 1.82) is 0 Å². The van der Waals surface area contributed by atoms with Crippen LogP contribution in [0.1, 0.15) is 62.1 Å². The molecule has 5 nitrogen and oxygen atoms in total. The van der Waals surface area contributed by atoms with Crippen molar-refractivity contribution in [2.24, 2.45) is 11.7 Å². The minimum absolute atomic E-state index is 0.0880. The van der Waals surface area contributed by atoms with E-state index in [1.54, 1.807) is 24.3 Å². The molecular weight excluding hydrogens is 338 g/mol. The lowest BCUT2D eigenvalue weighted by molar-refractivity contribution is 0.0925. The number of anilines is 1. The summed E-state index contributed by atoms with van der Waals surface area (Å²) in [5, 5.41) is 5.60. The van der Waals surface area contributed by atoms with E-state index >= 15 is 0 Å². The maximum Gasteiger partial charge on any atom is 0.316 e. The Morgan fingerprint density at radius 3 is 1.93 bits per heavy atom. The molecule has 2 aromatic rings. The molecule has 0 spiro atoms. The highest BCUT2D eigenvalue weighted by Gasteiger charge is 2.20. The molecule has 0 fully saturated rings. The van der Waals surface area contributed by atoms with Crippen LogP contribution in [0.4, 0.5) is 10.5 Å². The summed E-state index contributed by atoms with van der Waals surface area (Å²) in [6.07, 6.45) is 0. The molecule has 2 aromatic carbocycles. The molecule has 0 heterocycles. The fraction of sp³-hybridized carbons (Fsp3) is 0.364. The second-order valence-electron chi connectivity index (χ2n) is 8.13. The summed E-state index contributed by atoms with van der Waals surface area (Å²) in [7, 11) is 0. The van der Waals surface area contributed by atoms with Crippen molar-refractivity contribution in [3.05, 3.63) is 65.2 Å². The zero-order chi connectivity index (χ0) is 20.2. The van der Waals surface area contributed by atoms with Crippen LogP contribution in [0.25, 0.3) is 0 Å². The van der Waals surface area contributed by atoms with Crippen LogP contribution in [-0.4, -0.2) is 11.9 Å². The van der Waals surface area contributed by atoms with Gasteiger partial charge in [0, 0.05) is 11.3 Å². The molecule has 5 heteroatoms. The Balaban J connectivity index is 2.15. The number of nitrogens with two attached hydrogens (primary N) is 1. The number of carbonyl (C=O) groups is 2. The fourth-order valence-electron chi connectivity index (χ4n) is 2.90. The van der Waals surface area contributed by atoms with E-state index in [0.29, 0.717) is 11.3 Å². The van der Waals surface area contributed by atoms with Gasteiger partial charge in [-0.2, -0.15) is 0 Å². The smallest absolute Gasteiger partial charge is 0.316 e. The summed E-state index contributed by atoms with van der Waals surface area (Å²) < 4.78 is 0. The third-order valence-electron chi connectivity index (χ3n) is 4.50. The minimum Gasteiger partial charge on any atom is -0.351 e. The second-order valence-corrected chi connectivity index (χ2v) is 8.13. The molecule has 0 radical (unpaired) electrons. The molecule has 1 atom stereocenters. The number of benzene rings is 2. The number of rotatable bonds is 5. The van der Waals surface area contributed by atoms with Crippen molar-refractivity contribution in [1.82, 2.24) is 5.32 Å². The molecule has 2 rings (SSSR count). The first-order valence-corrected chi connectivity index (χ1v) is 9.16. The van der Waals surface area contributed by atoms with Gasteiger partial charge in [-0.3, -0.25) is 4.79 Å². The first-order chi connectivity index (χ1) is 12.6. The number of primary amides is 1. The zero-order valence-corrected chi connectivity index (χ0v) is 16.7. The van der Waals surface area contributed by atoms with Crippen LogP contribution < -0.4 is 16.4 Å². The third kappa shape index (κ3) is 5.58.